The molecule has 1 heterocycles. The minimum absolute atomic E-state index is 0.0465. The van der Waals surface area contributed by atoms with Crippen LogP contribution < -0.4 is 14.9 Å². The summed E-state index contributed by atoms with van der Waals surface area (Å²) in [6.07, 6.45) is 2.27. The molecule has 0 fully saturated rings. The van der Waals surface area contributed by atoms with Crippen molar-refractivity contribution in [3.05, 3.63) is 88.4 Å². The highest BCUT2D eigenvalue weighted by molar-refractivity contribution is 7.93. The molecule has 194 valence electrons. The fourth-order valence-electron chi connectivity index (χ4n) is 4.45. The summed E-state index contributed by atoms with van der Waals surface area (Å²) in [7, 11) is -4.20. The zero-order chi connectivity index (χ0) is 26.6. The summed E-state index contributed by atoms with van der Waals surface area (Å²) in [6.45, 7) is 3.82. The lowest BCUT2D eigenvalue weighted by atomic mass is 10.1. The van der Waals surface area contributed by atoms with Crippen LogP contribution in [0.3, 0.4) is 0 Å². The molecule has 3 aromatic rings. The Labute approximate surface area is 222 Å². The highest BCUT2D eigenvalue weighted by Crippen LogP contribution is 2.38. The molecule has 0 unspecified atom stereocenters. The van der Waals surface area contributed by atoms with Gasteiger partial charge < -0.3 is 10.6 Å². The molecule has 9 heteroatoms. The molecule has 1 aliphatic rings. The predicted octanol–water partition coefficient (Wildman–Crippen LogP) is 5.00. The number of anilines is 2. The number of carbonyl (C=O) groups excluding carboxylic acids is 2. The minimum atomic E-state index is -4.20. The van der Waals surface area contributed by atoms with Gasteiger partial charge >= 0.3 is 0 Å². The number of nitrogens with one attached hydrogen (secondary N) is 2. The first-order chi connectivity index (χ1) is 17.7. The van der Waals surface area contributed by atoms with E-state index in [1.54, 1.807) is 44.2 Å². The predicted molar refractivity (Wildman–Crippen MR) is 146 cm³/mol. The Morgan fingerprint density at radius 3 is 2.46 bits per heavy atom. The number of benzene rings is 3. The third-order valence-corrected chi connectivity index (χ3v) is 8.79. The number of carbonyl (C=O) groups is 2. The summed E-state index contributed by atoms with van der Waals surface area (Å²) in [4.78, 5) is 26.0. The number of unbranched alkanes of at least 4 members (excludes halogenated alkanes) is 1. The highest BCUT2D eigenvalue weighted by atomic mass is 35.5. The molecule has 2 amide bonds. The van der Waals surface area contributed by atoms with Gasteiger partial charge in [0.15, 0.2) is 0 Å². The van der Waals surface area contributed by atoms with Crippen LogP contribution in [0.2, 0.25) is 5.02 Å². The topological polar surface area (TPSA) is 95.6 Å². The van der Waals surface area contributed by atoms with E-state index in [1.807, 2.05) is 18.2 Å². The van der Waals surface area contributed by atoms with Gasteiger partial charge in [0.25, 0.3) is 10.0 Å². The molecule has 3 aromatic carbocycles. The van der Waals surface area contributed by atoms with E-state index < -0.39 is 22.0 Å². The Bertz CT molecular complexity index is 1410. The van der Waals surface area contributed by atoms with E-state index in [1.165, 1.54) is 11.6 Å². The SMILES string of the molecule is Cc1cc(S(=O)(=O)N2c3ccccc3NC(=O)[C@H]2CC(=O)NCCCCc2ccccc2)c(C)cc1Cl. The van der Waals surface area contributed by atoms with Gasteiger partial charge in [-0.2, -0.15) is 0 Å². The average molecular weight is 540 g/mol. The smallest absolute Gasteiger partial charge is 0.265 e. The molecule has 0 saturated heterocycles. The van der Waals surface area contributed by atoms with Gasteiger partial charge in [0.05, 0.1) is 22.7 Å². The molecule has 0 bridgehead atoms. The summed E-state index contributed by atoms with van der Waals surface area (Å²) in [5.41, 5.74) is 2.98. The molecule has 0 saturated carbocycles. The van der Waals surface area contributed by atoms with Crippen LogP contribution in [0.4, 0.5) is 11.4 Å². The zero-order valence-corrected chi connectivity index (χ0v) is 22.4. The Balaban J connectivity index is 1.53. The summed E-state index contributed by atoms with van der Waals surface area (Å²) >= 11 is 6.20. The quantitative estimate of drug-likeness (QED) is 0.374. The van der Waals surface area contributed by atoms with E-state index >= 15 is 0 Å². The fourth-order valence-corrected chi connectivity index (χ4v) is 6.59. The normalized spacial score (nSPS) is 15.2. The van der Waals surface area contributed by atoms with Gasteiger partial charge in [-0.25, -0.2) is 8.42 Å². The van der Waals surface area contributed by atoms with Crippen molar-refractivity contribution in [1.29, 1.82) is 0 Å². The maximum Gasteiger partial charge on any atom is 0.265 e. The number of sulfonamides is 1. The van der Waals surface area contributed by atoms with Crippen LogP contribution in [0.25, 0.3) is 0 Å². The third-order valence-electron chi connectivity index (χ3n) is 6.41. The largest absolute Gasteiger partial charge is 0.356 e. The van der Waals surface area contributed by atoms with Crippen molar-refractivity contribution in [3.63, 3.8) is 0 Å². The van der Waals surface area contributed by atoms with Gasteiger partial charge in [-0.1, -0.05) is 54.1 Å². The number of hydrogen-bond donors (Lipinski definition) is 2. The van der Waals surface area contributed by atoms with Gasteiger partial charge in [0, 0.05) is 11.6 Å². The maximum absolute atomic E-state index is 14.0. The summed E-state index contributed by atoms with van der Waals surface area (Å²) in [6, 6.07) is 18.6. The third kappa shape index (κ3) is 5.97. The van der Waals surface area contributed by atoms with E-state index in [0.717, 1.165) is 23.6 Å². The number of hydrogen-bond acceptors (Lipinski definition) is 4. The van der Waals surface area contributed by atoms with Crippen LogP contribution in [0.1, 0.15) is 36.0 Å². The first-order valence-electron chi connectivity index (χ1n) is 12.2. The van der Waals surface area contributed by atoms with Crippen molar-refractivity contribution in [2.24, 2.45) is 0 Å². The Morgan fingerprint density at radius 1 is 1.00 bits per heavy atom. The van der Waals surface area contributed by atoms with Gasteiger partial charge in [-0.3, -0.25) is 13.9 Å². The van der Waals surface area contributed by atoms with E-state index in [4.69, 9.17) is 11.6 Å². The van der Waals surface area contributed by atoms with Gasteiger partial charge in [-0.05, 0) is 74.1 Å². The molecule has 1 atom stereocenters. The van der Waals surface area contributed by atoms with E-state index in [2.05, 4.69) is 22.8 Å². The van der Waals surface area contributed by atoms with Crippen LogP contribution in [0, 0.1) is 13.8 Å². The number of nitrogens with zero attached hydrogens (tertiary/aromatic N) is 1. The first-order valence-corrected chi connectivity index (χ1v) is 14.0. The Hall–Kier alpha value is -3.36. The van der Waals surface area contributed by atoms with Crippen molar-refractivity contribution >= 4 is 44.8 Å². The van der Waals surface area contributed by atoms with Crippen LogP contribution in [-0.4, -0.2) is 32.8 Å². The standard InChI is InChI=1S/C28H30ClN3O4S/c1-19-17-26(20(2)16-22(19)29)37(35,36)32-24-14-7-6-13-23(24)31-28(34)25(32)18-27(33)30-15-9-8-12-21-10-4-3-5-11-21/h3-7,10-11,13-14,16-17,25H,8-9,12,15,18H2,1-2H3,(H,30,33)(H,31,34)/t25-/m1/s1. The number of rotatable bonds is 9. The number of fused-ring (bicyclic) bond motifs is 1. The second kappa shape index (κ2) is 11.4. The van der Waals surface area contributed by atoms with Crippen molar-refractivity contribution in [3.8, 4) is 0 Å². The molecule has 4 rings (SSSR count). The van der Waals surface area contributed by atoms with Crippen LogP contribution in [0.5, 0.6) is 0 Å². The van der Waals surface area contributed by atoms with Gasteiger partial charge in [-0.15, -0.1) is 0 Å². The fraction of sp³-hybridized carbons (Fsp3) is 0.286. The molecule has 0 aliphatic carbocycles. The Morgan fingerprint density at radius 2 is 1.70 bits per heavy atom. The average Bonchev–Trinajstić information content (AvgIpc) is 2.86. The molecule has 0 spiro atoms. The van der Waals surface area contributed by atoms with Crippen LogP contribution in [0.15, 0.2) is 71.6 Å². The van der Waals surface area contributed by atoms with Crippen molar-refractivity contribution in [2.75, 3.05) is 16.2 Å². The molecule has 0 radical (unpaired) electrons. The Kier molecular flexibility index (Phi) is 8.19. The second-order valence-corrected chi connectivity index (χ2v) is 11.4. The summed E-state index contributed by atoms with van der Waals surface area (Å²) < 4.78 is 29.0. The number of para-hydroxylation sites is 2. The van der Waals surface area contributed by atoms with Gasteiger partial charge in [0.1, 0.15) is 6.04 Å². The summed E-state index contributed by atoms with van der Waals surface area (Å²) in [5, 5.41) is 6.05. The van der Waals surface area contributed by atoms with E-state index in [-0.39, 0.29) is 17.2 Å². The minimum Gasteiger partial charge on any atom is -0.356 e. The zero-order valence-electron chi connectivity index (χ0n) is 20.8. The maximum atomic E-state index is 14.0. The monoisotopic (exact) mass is 539 g/mol. The van der Waals surface area contributed by atoms with E-state index in [9.17, 15) is 18.0 Å². The number of amides is 2. The lowest BCUT2D eigenvalue weighted by Crippen LogP contribution is -2.52. The molecular weight excluding hydrogens is 510 g/mol. The molecule has 2 N–H and O–H groups in total. The molecule has 37 heavy (non-hydrogen) atoms. The second-order valence-electron chi connectivity index (χ2n) is 9.19. The molecule has 7 nitrogen and oxygen atoms in total. The molecule has 1 aliphatic heterocycles. The molecule has 0 aromatic heterocycles. The van der Waals surface area contributed by atoms with Crippen LogP contribution >= 0.6 is 11.6 Å². The molecular formula is C28H30ClN3O4S. The van der Waals surface area contributed by atoms with Crippen LogP contribution in [-0.2, 0) is 26.0 Å². The summed E-state index contributed by atoms with van der Waals surface area (Å²) in [5.74, 6) is -0.937. The first kappa shape index (κ1) is 26.7. The van der Waals surface area contributed by atoms with Crippen molar-refractivity contribution in [2.45, 2.75) is 50.5 Å². The van der Waals surface area contributed by atoms with Crippen molar-refractivity contribution < 1.29 is 18.0 Å². The number of halogens is 1. The lowest BCUT2D eigenvalue weighted by molar-refractivity contribution is -0.125. The lowest BCUT2D eigenvalue weighted by Gasteiger charge is -2.37. The number of aryl methyl sites for hydroxylation is 3. The highest BCUT2D eigenvalue weighted by Gasteiger charge is 2.42. The van der Waals surface area contributed by atoms with Gasteiger partial charge in [0.2, 0.25) is 11.8 Å². The van der Waals surface area contributed by atoms with E-state index in [0.29, 0.717) is 34.1 Å². The van der Waals surface area contributed by atoms with Crippen molar-refractivity contribution in [1.82, 2.24) is 5.32 Å².